The molecule has 0 radical (unpaired) electrons. The van der Waals surface area contributed by atoms with E-state index >= 15 is 0 Å². The van der Waals surface area contributed by atoms with E-state index in [4.69, 9.17) is 9.52 Å². The van der Waals surface area contributed by atoms with Gasteiger partial charge in [-0.3, -0.25) is 10.1 Å². The number of aromatic carboxylic acids is 1. The van der Waals surface area contributed by atoms with E-state index in [-0.39, 0.29) is 23.3 Å². The molecule has 0 bridgehead atoms. The minimum Gasteiger partial charge on any atom is -0.475 e. The van der Waals surface area contributed by atoms with Gasteiger partial charge in [0.05, 0.1) is 10.6 Å². The molecule has 0 amide bonds. The van der Waals surface area contributed by atoms with Gasteiger partial charge >= 0.3 is 5.97 Å². The number of carbonyl (C=O) groups is 1. The van der Waals surface area contributed by atoms with Crippen LogP contribution in [0.3, 0.4) is 0 Å². The molecule has 0 atom stereocenters. The maximum Gasteiger partial charge on any atom is 0.373 e. The lowest BCUT2D eigenvalue weighted by atomic mass is 10.1. The monoisotopic (exact) mass is 290 g/mol. The summed E-state index contributed by atoms with van der Waals surface area (Å²) < 4.78 is 5.31. The highest BCUT2D eigenvalue weighted by molar-refractivity contribution is 5.86. The maximum absolute atomic E-state index is 11.2. The molecule has 7 nitrogen and oxygen atoms in total. The number of carboxylic acids is 1. The number of rotatable bonds is 4. The standard InChI is InChI=1S/C14H14N2O5/c1-7(2)11-12(14(17)18)21-13(15-11)10-6-9(16(19)20)5-4-8(10)3/h4-7H,1-3H3,(H,17,18). The first-order valence-corrected chi connectivity index (χ1v) is 6.30. The van der Waals surface area contributed by atoms with E-state index in [1.165, 1.54) is 12.1 Å². The molecule has 0 aliphatic rings. The van der Waals surface area contributed by atoms with Gasteiger partial charge < -0.3 is 9.52 Å². The van der Waals surface area contributed by atoms with Gasteiger partial charge in [-0.05, 0) is 18.4 Å². The number of hydrogen-bond acceptors (Lipinski definition) is 5. The van der Waals surface area contributed by atoms with Crippen LogP contribution in [-0.2, 0) is 0 Å². The van der Waals surface area contributed by atoms with Crippen molar-refractivity contribution in [2.24, 2.45) is 0 Å². The molecule has 1 aromatic carbocycles. The van der Waals surface area contributed by atoms with Crippen molar-refractivity contribution in [1.82, 2.24) is 4.98 Å². The maximum atomic E-state index is 11.2. The van der Waals surface area contributed by atoms with Crippen LogP contribution in [0, 0.1) is 17.0 Å². The molecule has 0 saturated carbocycles. The molecule has 21 heavy (non-hydrogen) atoms. The Hall–Kier alpha value is -2.70. The predicted molar refractivity (Wildman–Crippen MR) is 74.4 cm³/mol. The van der Waals surface area contributed by atoms with Crippen LogP contribution in [0.4, 0.5) is 5.69 Å². The zero-order valence-electron chi connectivity index (χ0n) is 11.8. The van der Waals surface area contributed by atoms with Crippen LogP contribution in [0.5, 0.6) is 0 Å². The van der Waals surface area contributed by atoms with Gasteiger partial charge in [0.15, 0.2) is 0 Å². The van der Waals surface area contributed by atoms with Crippen LogP contribution in [0.2, 0.25) is 0 Å². The first-order valence-electron chi connectivity index (χ1n) is 6.30. The van der Waals surface area contributed by atoms with Crippen LogP contribution in [0.15, 0.2) is 22.6 Å². The third-order valence-electron chi connectivity index (χ3n) is 3.06. The summed E-state index contributed by atoms with van der Waals surface area (Å²) in [4.78, 5) is 25.7. The number of non-ortho nitro benzene ring substituents is 1. The summed E-state index contributed by atoms with van der Waals surface area (Å²) in [5.41, 5.74) is 1.35. The Bertz CT molecular complexity index is 718. The third kappa shape index (κ3) is 2.76. The number of carboxylic acid groups (broad SMARTS) is 1. The molecular formula is C14H14N2O5. The highest BCUT2D eigenvalue weighted by Gasteiger charge is 2.24. The van der Waals surface area contributed by atoms with Gasteiger partial charge in [0.1, 0.15) is 0 Å². The molecule has 7 heteroatoms. The molecular weight excluding hydrogens is 276 g/mol. The van der Waals surface area contributed by atoms with E-state index in [0.717, 1.165) is 0 Å². The quantitative estimate of drug-likeness (QED) is 0.683. The fourth-order valence-corrected chi connectivity index (χ4v) is 1.95. The highest BCUT2D eigenvalue weighted by Crippen LogP contribution is 2.30. The Labute approximate surface area is 120 Å². The van der Waals surface area contributed by atoms with Crippen LogP contribution in [0.25, 0.3) is 11.5 Å². The summed E-state index contributed by atoms with van der Waals surface area (Å²) in [6.45, 7) is 5.35. The van der Waals surface area contributed by atoms with E-state index < -0.39 is 10.9 Å². The summed E-state index contributed by atoms with van der Waals surface area (Å²) in [6.07, 6.45) is 0. The van der Waals surface area contributed by atoms with Crippen molar-refractivity contribution in [3.63, 3.8) is 0 Å². The largest absolute Gasteiger partial charge is 0.475 e. The van der Waals surface area contributed by atoms with E-state index in [0.29, 0.717) is 16.8 Å². The fraction of sp³-hybridized carbons (Fsp3) is 0.286. The number of nitrogens with zero attached hydrogens (tertiary/aromatic N) is 2. The smallest absolute Gasteiger partial charge is 0.373 e. The van der Waals surface area contributed by atoms with Crippen molar-refractivity contribution in [2.45, 2.75) is 26.7 Å². The van der Waals surface area contributed by atoms with Gasteiger partial charge in [-0.15, -0.1) is 0 Å². The molecule has 1 N–H and O–H groups in total. The highest BCUT2D eigenvalue weighted by atomic mass is 16.6. The topological polar surface area (TPSA) is 106 Å². The third-order valence-corrected chi connectivity index (χ3v) is 3.06. The normalized spacial score (nSPS) is 10.9. The lowest BCUT2D eigenvalue weighted by Crippen LogP contribution is -2.01. The second-order valence-corrected chi connectivity index (χ2v) is 4.95. The van der Waals surface area contributed by atoms with E-state index in [2.05, 4.69) is 4.98 Å². The van der Waals surface area contributed by atoms with E-state index in [9.17, 15) is 14.9 Å². The Balaban J connectivity index is 2.62. The van der Waals surface area contributed by atoms with Crippen molar-refractivity contribution in [3.05, 3.63) is 45.3 Å². The number of aromatic nitrogens is 1. The SMILES string of the molecule is Cc1ccc([N+](=O)[O-])cc1-c1nc(C(C)C)c(C(=O)O)o1. The number of benzene rings is 1. The van der Waals surface area contributed by atoms with Gasteiger partial charge in [-0.2, -0.15) is 0 Å². The second kappa shape index (κ2) is 5.35. The van der Waals surface area contributed by atoms with Crippen molar-refractivity contribution in [2.75, 3.05) is 0 Å². The lowest BCUT2D eigenvalue weighted by molar-refractivity contribution is -0.384. The van der Waals surface area contributed by atoms with Gasteiger partial charge in [0.2, 0.25) is 11.7 Å². The second-order valence-electron chi connectivity index (χ2n) is 4.95. The van der Waals surface area contributed by atoms with Gasteiger partial charge in [-0.25, -0.2) is 9.78 Å². The molecule has 0 aliphatic heterocycles. The van der Waals surface area contributed by atoms with E-state index in [1.807, 2.05) is 0 Å². The van der Waals surface area contributed by atoms with Crippen molar-refractivity contribution in [3.8, 4) is 11.5 Å². The summed E-state index contributed by atoms with van der Waals surface area (Å²) in [7, 11) is 0. The van der Waals surface area contributed by atoms with Crippen molar-refractivity contribution >= 4 is 11.7 Å². The number of oxazole rings is 1. The Morgan fingerprint density at radius 2 is 2.10 bits per heavy atom. The first kappa shape index (κ1) is 14.7. The molecule has 0 fully saturated rings. The van der Waals surface area contributed by atoms with Crippen LogP contribution < -0.4 is 0 Å². The molecule has 1 heterocycles. The summed E-state index contributed by atoms with van der Waals surface area (Å²) in [6, 6.07) is 4.29. The lowest BCUT2D eigenvalue weighted by Gasteiger charge is -2.01. The number of nitro benzene ring substituents is 1. The minimum absolute atomic E-state index is 0.0808. The van der Waals surface area contributed by atoms with Crippen LogP contribution in [0.1, 0.15) is 41.6 Å². The van der Waals surface area contributed by atoms with Gasteiger partial charge in [0.25, 0.3) is 5.69 Å². The number of hydrogen-bond donors (Lipinski definition) is 1. The zero-order valence-corrected chi connectivity index (χ0v) is 11.8. The van der Waals surface area contributed by atoms with Gasteiger partial charge in [-0.1, -0.05) is 19.9 Å². The molecule has 1 aromatic heterocycles. The average molecular weight is 290 g/mol. The van der Waals surface area contributed by atoms with Crippen LogP contribution >= 0.6 is 0 Å². The summed E-state index contributed by atoms with van der Waals surface area (Å²) in [5, 5.41) is 20.0. The van der Waals surface area contributed by atoms with Crippen molar-refractivity contribution < 1.29 is 19.2 Å². The molecule has 110 valence electrons. The fourth-order valence-electron chi connectivity index (χ4n) is 1.95. The Morgan fingerprint density at radius 3 is 2.57 bits per heavy atom. The van der Waals surface area contributed by atoms with Gasteiger partial charge in [0, 0.05) is 17.7 Å². The summed E-state index contributed by atoms with van der Waals surface area (Å²) >= 11 is 0. The molecule has 0 aliphatic carbocycles. The predicted octanol–water partition coefficient (Wildman–Crippen LogP) is 3.38. The Morgan fingerprint density at radius 1 is 1.43 bits per heavy atom. The number of nitro groups is 1. The summed E-state index contributed by atoms with van der Waals surface area (Å²) in [5.74, 6) is -1.49. The minimum atomic E-state index is -1.21. The molecule has 0 saturated heterocycles. The Kier molecular flexibility index (Phi) is 3.75. The van der Waals surface area contributed by atoms with Crippen LogP contribution in [-0.4, -0.2) is 21.0 Å². The average Bonchev–Trinajstić information content (AvgIpc) is 2.84. The zero-order chi connectivity index (χ0) is 15.7. The molecule has 0 unspecified atom stereocenters. The molecule has 2 aromatic rings. The molecule has 2 rings (SSSR count). The molecule has 0 spiro atoms. The van der Waals surface area contributed by atoms with Crippen molar-refractivity contribution in [1.29, 1.82) is 0 Å². The van der Waals surface area contributed by atoms with E-state index in [1.54, 1.807) is 26.8 Å². The number of aryl methyl sites for hydroxylation is 1. The first-order chi connectivity index (χ1) is 9.81.